The van der Waals surface area contributed by atoms with Crippen molar-refractivity contribution in [1.29, 1.82) is 0 Å². The van der Waals surface area contributed by atoms with Crippen LogP contribution in [0.4, 0.5) is 0 Å². The number of nitrogens with zero attached hydrogens (tertiary/aromatic N) is 1. The lowest BCUT2D eigenvalue weighted by Crippen LogP contribution is -1.89. The van der Waals surface area contributed by atoms with Gasteiger partial charge in [0, 0.05) is 18.1 Å². The fourth-order valence-corrected chi connectivity index (χ4v) is 1.08. The zero-order valence-corrected chi connectivity index (χ0v) is 6.60. The van der Waals surface area contributed by atoms with Gasteiger partial charge in [-0.15, -0.1) is 0 Å². The Morgan fingerprint density at radius 3 is 3.00 bits per heavy atom. The summed E-state index contributed by atoms with van der Waals surface area (Å²) in [5.74, 6) is 1.05. The van der Waals surface area contributed by atoms with E-state index in [1.807, 2.05) is 24.4 Å². The molecular weight excluding hydrogens is 142 g/mol. The van der Waals surface area contributed by atoms with Crippen molar-refractivity contribution in [3.8, 4) is 0 Å². The van der Waals surface area contributed by atoms with Crippen LogP contribution in [-0.4, -0.2) is 10.7 Å². The molecular formula is C8H10NS. The van der Waals surface area contributed by atoms with Crippen molar-refractivity contribution >= 4 is 11.8 Å². The van der Waals surface area contributed by atoms with E-state index in [0.717, 1.165) is 17.9 Å². The molecule has 0 spiro atoms. The van der Waals surface area contributed by atoms with Gasteiger partial charge in [-0.05, 0) is 24.3 Å². The molecule has 0 aliphatic carbocycles. The molecule has 2 heteroatoms. The summed E-state index contributed by atoms with van der Waals surface area (Å²) in [6.07, 6.45) is 6.53. The number of pyridine rings is 1. The van der Waals surface area contributed by atoms with E-state index in [0.29, 0.717) is 0 Å². The molecule has 1 rings (SSSR count). The highest BCUT2D eigenvalue weighted by atomic mass is 32.2. The highest BCUT2D eigenvalue weighted by Crippen LogP contribution is 2.01. The summed E-state index contributed by atoms with van der Waals surface area (Å²) in [4.78, 5) is 4.18. The minimum absolute atomic E-state index is 1.02. The van der Waals surface area contributed by atoms with Gasteiger partial charge in [-0.25, -0.2) is 0 Å². The molecule has 0 unspecified atom stereocenters. The molecule has 1 heterocycles. The highest BCUT2D eigenvalue weighted by molar-refractivity contribution is 8.00. The fraction of sp³-hybridized carbons (Fsp3) is 0.250. The SMILES string of the molecule is [CH2]SCCc1ccccn1. The summed E-state index contributed by atoms with van der Waals surface area (Å²) in [6, 6.07) is 5.98. The van der Waals surface area contributed by atoms with Gasteiger partial charge >= 0.3 is 0 Å². The molecule has 1 aromatic rings. The molecule has 0 N–H and O–H groups in total. The van der Waals surface area contributed by atoms with Crippen LogP contribution in [0.25, 0.3) is 0 Å². The second kappa shape index (κ2) is 4.34. The van der Waals surface area contributed by atoms with Crippen LogP contribution in [0.5, 0.6) is 0 Å². The second-order valence-electron chi connectivity index (χ2n) is 1.98. The van der Waals surface area contributed by atoms with Crippen molar-refractivity contribution in [1.82, 2.24) is 4.98 Å². The molecule has 0 aliphatic heterocycles. The number of aromatic nitrogens is 1. The topological polar surface area (TPSA) is 12.9 Å². The molecule has 0 saturated carbocycles. The Morgan fingerprint density at radius 2 is 2.40 bits per heavy atom. The third kappa shape index (κ3) is 2.40. The zero-order chi connectivity index (χ0) is 7.23. The van der Waals surface area contributed by atoms with Gasteiger partial charge in [-0.3, -0.25) is 4.98 Å². The molecule has 0 fully saturated rings. The summed E-state index contributed by atoms with van der Waals surface area (Å²) < 4.78 is 0. The largest absolute Gasteiger partial charge is 0.261 e. The summed E-state index contributed by atoms with van der Waals surface area (Å²) >= 11 is 1.61. The molecule has 1 aromatic heterocycles. The van der Waals surface area contributed by atoms with Crippen molar-refractivity contribution in [2.24, 2.45) is 0 Å². The zero-order valence-electron chi connectivity index (χ0n) is 5.79. The van der Waals surface area contributed by atoms with E-state index >= 15 is 0 Å². The summed E-state index contributed by atoms with van der Waals surface area (Å²) in [5, 5.41) is 0. The molecule has 1 nitrogen and oxygen atoms in total. The second-order valence-corrected chi connectivity index (χ2v) is 2.80. The lowest BCUT2D eigenvalue weighted by molar-refractivity contribution is 1.05. The lowest BCUT2D eigenvalue weighted by Gasteiger charge is -1.95. The average molecular weight is 152 g/mol. The van der Waals surface area contributed by atoms with E-state index < -0.39 is 0 Å². The van der Waals surface area contributed by atoms with Crippen molar-refractivity contribution in [3.05, 3.63) is 36.3 Å². The Balaban J connectivity index is 2.43. The van der Waals surface area contributed by atoms with E-state index in [-0.39, 0.29) is 0 Å². The van der Waals surface area contributed by atoms with Crippen LogP contribution in [0.15, 0.2) is 24.4 Å². The first kappa shape index (κ1) is 7.61. The monoisotopic (exact) mass is 152 g/mol. The molecule has 10 heavy (non-hydrogen) atoms. The normalized spacial score (nSPS) is 9.70. The van der Waals surface area contributed by atoms with Gasteiger partial charge in [0.15, 0.2) is 0 Å². The first-order chi connectivity index (χ1) is 4.93. The van der Waals surface area contributed by atoms with E-state index in [4.69, 9.17) is 0 Å². The number of thioether (sulfide) groups is 1. The van der Waals surface area contributed by atoms with Gasteiger partial charge in [0.25, 0.3) is 0 Å². The van der Waals surface area contributed by atoms with Gasteiger partial charge in [0.1, 0.15) is 0 Å². The van der Waals surface area contributed by atoms with Gasteiger partial charge in [-0.2, -0.15) is 11.8 Å². The minimum Gasteiger partial charge on any atom is -0.261 e. The van der Waals surface area contributed by atoms with Crippen LogP contribution in [0, 0.1) is 6.26 Å². The summed E-state index contributed by atoms with van der Waals surface area (Å²) in [5.41, 5.74) is 1.15. The van der Waals surface area contributed by atoms with Gasteiger partial charge in [0.05, 0.1) is 0 Å². The van der Waals surface area contributed by atoms with Crippen LogP contribution in [0.3, 0.4) is 0 Å². The third-order valence-corrected chi connectivity index (χ3v) is 1.72. The van der Waals surface area contributed by atoms with Crippen molar-refractivity contribution in [3.63, 3.8) is 0 Å². The van der Waals surface area contributed by atoms with Crippen LogP contribution in [0.2, 0.25) is 0 Å². The Morgan fingerprint density at radius 1 is 1.50 bits per heavy atom. The third-order valence-electron chi connectivity index (χ3n) is 1.23. The minimum atomic E-state index is 1.02. The average Bonchev–Trinajstić information content (AvgIpc) is 2.03. The number of aryl methyl sites for hydroxylation is 1. The van der Waals surface area contributed by atoms with Crippen LogP contribution >= 0.6 is 11.8 Å². The van der Waals surface area contributed by atoms with Crippen LogP contribution in [0.1, 0.15) is 5.69 Å². The van der Waals surface area contributed by atoms with E-state index in [1.54, 1.807) is 11.8 Å². The summed E-state index contributed by atoms with van der Waals surface area (Å²) in [6.45, 7) is 0. The maximum atomic E-state index is 4.18. The Labute approximate surface area is 65.9 Å². The van der Waals surface area contributed by atoms with E-state index in [2.05, 4.69) is 11.2 Å². The quantitative estimate of drug-likeness (QED) is 0.658. The maximum Gasteiger partial charge on any atom is 0.0411 e. The first-order valence-corrected chi connectivity index (χ1v) is 4.36. The molecule has 0 amide bonds. The molecule has 0 saturated heterocycles. The van der Waals surface area contributed by atoms with Crippen LogP contribution in [-0.2, 0) is 6.42 Å². The molecule has 53 valence electrons. The lowest BCUT2D eigenvalue weighted by atomic mass is 10.3. The summed E-state index contributed by atoms with van der Waals surface area (Å²) in [7, 11) is 0. The molecule has 0 aromatic carbocycles. The van der Waals surface area contributed by atoms with E-state index in [9.17, 15) is 0 Å². The fourth-order valence-electron chi connectivity index (χ4n) is 0.723. The van der Waals surface area contributed by atoms with E-state index in [1.165, 1.54) is 0 Å². The Bertz CT molecular complexity index is 174. The predicted octanol–water partition coefficient (Wildman–Crippen LogP) is 2.15. The predicted molar refractivity (Wildman–Crippen MR) is 45.8 cm³/mol. The molecule has 0 bridgehead atoms. The molecule has 0 aliphatic rings. The number of hydrogen-bond donors (Lipinski definition) is 0. The van der Waals surface area contributed by atoms with Crippen molar-refractivity contribution in [2.75, 3.05) is 5.75 Å². The standard InChI is InChI=1S/C8H10NS/c1-10-7-5-8-4-2-3-6-9-8/h2-4,6H,1,5,7H2. The molecule has 0 atom stereocenters. The number of rotatable bonds is 3. The van der Waals surface area contributed by atoms with Gasteiger partial charge in [-0.1, -0.05) is 6.07 Å². The Hall–Kier alpha value is -0.500. The van der Waals surface area contributed by atoms with Crippen LogP contribution < -0.4 is 0 Å². The Kier molecular flexibility index (Phi) is 3.30. The highest BCUT2D eigenvalue weighted by Gasteiger charge is 1.89. The van der Waals surface area contributed by atoms with Crippen molar-refractivity contribution in [2.45, 2.75) is 6.42 Å². The first-order valence-electron chi connectivity index (χ1n) is 3.20. The smallest absolute Gasteiger partial charge is 0.0411 e. The number of hydrogen-bond acceptors (Lipinski definition) is 2. The van der Waals surface area contributed by atoms with Gasteiger partial charge < -0.3 is 0 Å². The maximum absolute atomic E-state index is 4.18. The molecule has 1 radical (unpaired) electrons. The van der Waals surface area contributed by atoms with Gasteiger partial charge in [0.2, 0.25) is 0 Å². The van der Waals surface area contributed by atoms with Crippen molar-refractivity contribution < 1.29 is 0 Å².